The summed E-state index contributed by atoms with van der Waals surface area (Å²) in [6.07, 6.45) is 21.0. The lowest BCUT2D eigenvalue weighted by Gasteiger charge is -2.12. The summed E-state index contributed by atoms with van der Waals surface area (Å²) in [5.41, 5.74) is 2.61. The number of rotatable bonds is 16. The molecule has 0 aromatic heterocycles. The first kappa shape index (κ1) is 25.4. The standard InChI is InChI=1S/C24H42O.H3P/c1-3-5-7-9-11-13-15-18-22-19-17-21-24(25)23(22)20-16-14-12-10-8-6-4-2;/h17,19,21,25H,3-16,18,20H2,1-2H3;1H3. The summed E-state index contributed by atoms with van der Waals surface area (Å²) in [4.78, 5) is 0. The molecule has 1 rings (SSSR count). The third-order valence-corrected chi connectivity index (χ3v) is 5.33. The lowest BCUT2D eigenvalue weighted by atomic mass is 9.95. The van der Waals surface area contributed by atoms with Gasteiger partial charge in [0.1, 0.15) is 5.75 Å². The summed E-state index contributed by atoms with van der Waals surface area (Å²) < 4.78 is 0. The van der Waals surface area contributed by atoms with Gasteiger partial charge in [-0.15, -0.1) is 0 Å². The van der Waals surface area contributed by atoms with Crippen molar-refractivity contribution in [3.05, 3.63) is 29.3 Å². The highest BCUT2D eigenvalue weighted by atomic mass is 31.0. The molecule has 1 atom stereocenters. The molecule has 0 aliphatic heterocycles. The van der Waals surface area contributed by atoms with E-state index in [0.29, 0.717) is 5.75 Å². The zero-order chi connectivity index (χ0) is 18.2. The van der Waals surface area contributed by atoms with Crippen LogP contribution in [-0.4, -0.2) is 5.11 Å². The Bertz CT molecular complexity index is 430. The third kappa shape index (κ3) is 11.9. The smallest absolute Gasteiger partial charge is 0.119 e. The number of hydrogen-bond acceptors (Lipinski definition) is 1. The van der Waals surface area contributed by atoms with Crippen molar-refractivity contribution in [1.29, 1.82) is 0 Å². The first-order valence-corrected chi connectivity index (χ1v) is 11.1. The number of phenolic OH excluding ortho intramolecular Hbond substituents is 1. The van der Waals surface area contributed by atoms with Crippen molar-refractivity contribution in [2.75, 3.05) is 0 Å². The van der Waals surface area contributed by atoms with Crippen LogP contribution in [0.3, 0.4) is 0 Å². The summed E-state index contributed by atoms with van der Waals surface area (Å²) in [6.45, 7) is 4.54. The van der Waals surface area contributed by atoms with Crippen molar-refractivity contribution < 1.29 is 5.11 Å². The van der Waals surface area contributed by atoms with E-state index in [4.69, 9.17) is 0 Å². The van der Waals surface area contributed by atoms with Crippen LogP contribution in [0.5, 0.6) is 5.75 Å². The third-order valence-electron chi connectivity index (χ3n) is 5.33. The van der Waals surface area contributed by atoms with Crippen LogP contribution in [0.25, 0.3) is 0 Å². The predicted molar refractivity (Wildman–Crippen MR) is 123 cm³/mol. The Morgan fingerprint density at radius 2 is 1.08 bits per heavy atom. The monoisotopic (exact) mass is 380 g/mol. The van der Waals surface area contributed by atoms with E-state index in [-0.39, 0.29) is 9.90 Å². The first-order valence-electron chi connectivity index (χ1n) is 11.1. The molecular weight excluding hydrogens is 335 g/mol. The number of hydrogen-bond donors (Lipinski definition) is 1. The molecule has 1 N–H and O–H groups in total. The Kier molecular flexibility index (Phi) is 17.5. The minimum Gasteiger partial charge on any atom is -0.508 e. The van der Waals surface area contributed by atoms with E-state index >= 15 is 0 Å². The Hall–Kier alpha value is -0.550. The fourth-order valence-electron chi connectivity index (χ4n) is 3.68. The summed E-state index contributed by atoms with van der Waals surface area (Å²) >= 11 is 0. The van der Waals surface area contributed by atoms with Gasteiger partial charge in [-0.25, -0.2) is 0 Å². The van der Waals surface area contributed by atoms with Crippen LogP contribution in [0.4, 0.5) is 0 Å². The average molecular weight is 381 g/mol. The highest BCUT2D eigenvalue weighted by molar-refractivity contribution is 6.92. The van der Waals surface area contributed by atoms with Gasteiger partial charge in [-0.2, -0.15) is 9.90 Å². The molecule has 1 nitrogen and oxygen atoms in total. The van der Waals surface area contributed by atoms with Crippen molar-refractivity contribution in [1.82, 2.24) is 0 Å². The molecule has 0 spiro atoms. The van der Waals surface area contributed by atoms with E-state index in [2.05, 4.69) is 19.9 Å². The lowest BCUT2D eigenvalue weighted by molar-refractivity contribution is 0.464. The normalized spacial score (nSPS) is 10.7. The zero-order valence-electron chi connectivity index (χ0n) is 17.7. The number of aromatic hydroxyl groups is 1. The largest absolute Gasteiger partial charge is 0.508 e. The second-order valence-electron chi connectivity index (χ2n) is 7.66. The SMILES string of the molecule is CCCCCCCCCc1cccc(O)c1CCCCCCCCC.P. The van der Waals surface area contributed by atoms with Crippen molar-refractivity contribution in [3.8, 4) is 5.75 Å². The second-order valence-corrected chi connectivity index (χ2v) is 7.66. The Morgan fingerprint density at radius 3 is 1.62 bits per heavy atom. The molecule has 0 saturated heterocycles. The van der Waals surface area contributed by atoms with Crippen molar-refractivity contribution in [3.63, 3.8) is 0 Å². The number of phenols is 1. The molecule has 0 fully saturated rings. The number of aryl methyl sites for hydroxylation is 1. The van der Waals surface area contributed by atoms with Crippen LogP contribution < -0.4 is 0 Å². The molecular formula is C24H45OP. The number of unbranched alkanes of at least 4 members (excludes halogenated alkanes) is 12. The molecule has 0 aliphatic rings. The van der Waals surface area contributed by atoms with Gasteiger partial charge in [-0.3, -0.25) is 0 Å². The lowest BCUT2D eigenvalue weighted by Crippen LogP contribution is -1.96. The molecule has 0 amide bonds. The fraction of sp³-hybridized carbons (Fsp3) is 0.750. The molecule has 1 aromatic carbocycles. The molecule has 0 radical (unpaired) electrons. The molecule has 2 heteroatoms. The fourth-order valence-corrected chi connectivity index (χ4v) is 3.68. The molecule has 1 aromatic rings. The zero-order valence-corrected chi connectivity index (χ0v) is 19.1. The van der Waals surface area contributed by atoms with Gasteiger partial charge in [0.05, 0.1) is 0 Å². The van der Waals surface area contributed by atoms with Crippen molar-refractivity contribution >= 4 is 9.90 Å². The van der Waals surface area contributed by atoms with Crippen LogP contribution in [-0.2, 0) is 12.8 Å². The first-order chi connectivity index (χ1) is 12.3. The van der Waals surface area contributed by atoms with Crippen LogP contribution in [0.2, 0.25) is 0 Å². The van der Waals surface area contributed by atoms with Gasteiger partial charge in [0.15, 0.2) is 0 Å². The molecule has 0 aliphatic carbocycles. The minimum absolute atomic E-state index is 0. The Balaban J connectivity index is 0.00000625. The van der Waals surface area contributed by atoms with E-state index in [9.17, 15) is 5.11 Å². The molecule has 0 bridgehead atoms. The van der Waals surface area contributed by atoms with Gasteiger partial charge in [-0.1, -0.05) is 103 Å². The summed E-state index contributed by atoms with van der Waals surface area (Å²) in [5.74, 6) is 0.520. The highest BCUT2D eigenvalue weighted by Crippen LogP contribution is 2.25. The Labute approximate surface area is 167 Å². The van der Waals surface area contributed by atoms with Crippen LogP contribution in [0, 0.1) is 0 Å². The van der Waals surface area contributed by atoms with Gasteiger partial charge in [0, 0.05) is 0 Å². The molecule has 26 heavy (non-hydrogen) atoms. The molecule has 1 unspecified atom stereocenters. The van der Waals surface area contributed by atoms with E-state index < -0.39 is 0 Å². The summed E-state index contributed by atoms with van der Waals surface area (Å²) in [6, 6.07) is 6.11. The summed E-state index contributed by atoms with van der Waals surface area (Å²) in [7, 11) is 0. The van der Waals surface area contributed by atoms with Gasteiger partial charge in [0.25, 0.3) is 0 Å². The van der Waals surface area contributed by atoms with Gasteiger partial charge in [0.2, 0.25) is 0 Å². The van der Waals surface area contributed by atoms with E-state index in [0.717, 1.165) is 12.8 Å². The topological polar surface area (TPSA) is 20.2 Å². The average Bonchev–Trinajstić information content (AvgIpc) is 2.62. The maximum Gasteiger partial charge on any atom is 0.119 e. The maximum absolute atomic E-state index is 10.3. The predicted octanol–water partition coefficient (Wildman–Crippen LogP) is 8.04. The second kappa shape index (κ2) is 17.8. The number of benzene rings is 1. The van der Waals surface area contributed by atoms with E-state index in [1.54, 1.807) is 0 Å². The minimum atomic E-state index is 0. The van der Waals surface area contributed by atoms with Gasteiger partial charge >= 0.3 is 0 Å². The molecule has 0 saturated carbocycles. The Morgan fingerprint density at radius 1 is 0.615 bits per heavy atom. The quantitative estimate of drug-likeness (QED) is 0.227. The van der Waals surface area contributed by atoms with Crippen LogP contribution in [0.15, 0.2) is 18.2 Å². The van der Waals surface area contributed by atoms with E-state index in [1.165, 1.54) is 101 Å². The van der Waals surface area contributed by atoms with Crippen LogP contribution >= 0.6 is 9.90 Å². The van der Waals surface area contributed by atoms with Crippen molar-refractivity contribution in [2.24, 2.45) is 0 Å². The van der Waals surface area contributed by atoms with Crippen molar-refractivity contribution in [2.45, 2.75) is 117 Å². The molecule has 152 valence electrons. The van der Waals surface area contributed by atoms with Gasteiger partial charge < -0.3 is 5.11 Å². The highest BCUT2D eigenvalue weighted by Gasteiger charge is 2.07. The van der Waals surface area contributed by atoms with Crippen LogP contribution in [0.1, 0.15) is 115 Å². The van der Waals surface area contributed by atoms with Gasteiger partial charge in [-0.05, 0) is 42.9 Å². The molecule has 0 heterocycles. The maximum atomic E-state index is 10.3. The van der Waals surface area contributed by atoms with E-state index in [1.807, 2.05) is 12.1 Å². The summed E-state index contributed by atoms with van der Waals surface area (Å²) in [5, 5.41) is 10.3.